The van der Waals surface area contributed by atoms with E-state index in [0.717, 1.165) is 18.5 Å². The maximum atomic E-state index is 13.2. The van der Waals surface area contributed by atoms with Crippen LogP contribution in [0, 0.1) is 5.82 Å². The number of aromatic nitrogens is 1. The summed E-state index contributed by atoms with van der Waals surface area (Å²) in [5, 5.41) is 0. The van der Waals surface area contributed by atoms with Crippen LogP contribution in [0.5, 0.6) is 0 Å². The maximum absolute atomic E-state index is 13.2. The van der Waals surface area contributed by atoms with Gasteiger partial charge in [0.15, 0.2) is 0 Å². The zero-order chi connectivity index (χ0) is 14.7. The second kappa shape index (κ2) is 5.94. The molecule has 7 heteroatoms. The molecule has 19 heavy (non-hydrogen) atoms. The molecule has 2 N–H and O–H groups in total. The van der Waals surface area contributed by atoms with E-state index in [1.165, 1.54) is 4.31 Å². The van der Waals surface area contributed by atoms with Gasteiger partial charge in [-0.05, 0) is 19.4 Å². The predicted molar refractivity (Wildman–Crippen MR) is 71.5 cm³/mol. The van der Waals surface area contributed by atoms with Gasteiger partial charge in [0, 0.05) is 24.8 Å². The second-order valence-electron chi connectivity index (χ2n) is 4.56. The van der Waals surface area contributed by atoms with Crippen molar-refractivity contribution in [3.63, 3.8) is 0 Å². The van der Waals surface area contributed by atoms with E-state index in [4.69, 9.17) is 5.73 Å². The minimum atomic E-state index is -3.80. The van der Waals surface area contributed by atoms with E-state index in [1.54, 1.807) is 13.8 Å². The number of nitrogens with zero attached hydrogens (tertiary/aromatic N) is 2. The number of likely N-dealkylation sites (N-methyl/N-ethyl adjacent to an activating group) is 1. The lowest BCUT2D eigenvalue weighted by Gasteiger charge is -2.38. The Labute approximate surface area is 113 Å². The minimum absolute atomic E-state index is 0.150. The van der Waals surface area contributed by atoms with Gasteiger partial charge in [-0.15, -0.1) is 0 Å². The highest BCUT2D eigenvalue weighted by Gasteiger charge is 2.37. The molecule has 1 aromatic heterocycles. The first-order chi connectivity index (χ1) is 8.81. The first-order valence-corrected chi connectivity index (χ1v) is 7.59. The topological polar surface area (TPSA) is 76.3 Å². The fraction of sp³-hybridized carbons (Fsp3) is 0.583. The third kappa shape index (κ3) is 3.10. The predicted octanol–water partition coefficient (Wildman–Crippen LogP) is 1.36. The van der Waals surface area contributed by atoms with Crippen LogP contribution in [0.25, 0.3) is 0 Å². The number of halogens is 1. The van der Waals surface area contributed by atoms with Crippen LogP contribution in [0.3, 0.4) is 0 Å². The van der Waals surface area contributed by atoms with E-state index in [0.29, 0.717) is 6.42 Å². The number of pyridine rings is 1. The highest BCUT2D eigenvalue weighted by atomic mass is 32.2. The molecule has 1 heterocycles. The van der Waals surface area contributed by atoms with Crippen molar-refractivity contribution in [2.24, 2.45) is 5.73 Å². The van der Waals surface area contributed by atoms with Crippen molar-refractivity contribution in [1.29, 1.82) is 0 Å². The van der Waals surface area contributed by atoms with Gasteiger partial charge < -0.3 is 5.73 Å². The molecule has 1 atom stereocenters. The fourth-order valence-electron chi connectivity index (χ4n) is 1.93. The first kappa shape index (κ1) is 16.0. The van der Waals surface area contributed by atoms with Crippen molar-refractivity contribution < 1.29 is 12.8 Å². The van der Waals surface area contributed by atoms with Crippen LogP contribution in [0.15, 0.2) is 23.4 Å². The van der Waals surface area contributed by atoms with E-state index in [1.807, 2.05) is 6.92 Å². The number of nitrogens with two attached hydrogens (primary N) is 1. The van der Waals surface area contributed by atoms with E-state index < -0.39 is 21.4 Å². The second-order valence-corrected chi connectivity index (χ2v) is 6.43. The Kier molecular flexibility index (Phi) is 5.00. The molecule has 5 nitrogen and oxygen atoms in total. The van der Waals surface area contributed by atoms with Crippen LogP contribution in [-0.4, -0.2) is 36.3 Å². The van der Waals surface area contributed by atoms with Gasteiger partial charge >= 0.3 is 0 Å². The number of sulfonamides is 1. The monoisotopic (exact) mass is 289 g/mol. The summed E-state index contributed by atoms with van der Waals surface area (Å²) in [4.78, 5) is 3.44. The normalized spacial score (nSPS) is 15.5. The lowest BCUT2D eigenvalue weighted by atomic mass is 9.99. The Bertz CT molecular complexity index is 530. The van der Waals surface area contributed by atoms with Gasteiger partial charge in [-0.1, -0.05) is 13.8 Å². The smallest absolute Gasteiger partial charge is 0.245 e. The van der Waals surface area contributed by atoms with Crippen LogP contribution >= 0.6 is 0 Å². The standard InChI is InChI=1S/C12H20FN3O2S/c1-4-12(3,9-14)16(5-2)19(17,18)11-6-10(13)7-15-8-11/h6-8H,4-5,9,14H2,1-3H3. The van der Waals surface area contributed by atoms with Crippen LogP contribution in [-0.2, 0) is 10.0 Å². The molecular weight excluding hydrogens is 269 g/mol. The quantitative estimate of drug-likeness (QED) is 0.858. The molecule has 0 fully saturated rings. The summed E-state index contributed by atoms with van der Waals surface area (Å²) in [6.45, 7) is 5.84. The summed E-state index contributed by atoms with van der Waals surface area (Å²) in [6, 6.07) is 0.970. The van der Waals surface area contributed by atoms with Gasteiger partial charge in [0.25, 0.3) is 0 Å². The van der Waals surface area contributed by atoms with Crippen LogP contribution < -0.4 is 5.73 Å². The van der Waals surface area contributed by atoms with E-state index in [9.17, 15) is 12.8 Å². The third-order valence-electron chi connectivity index (χ3n) is 3.36. The van der Waals surface area contributed by atoms with Crippen molar-refractivity contribution in [2.75, 3.05) is 13.1 Å². The Hall–Kier alpha value is -1.05. The molecule has 108 valence electrons. The number of hydrogen-bond donors (Lipinski definition) is 1. The molecule has 1 aromatic rings. The van der Waals surface area contributed by atoms with Crippen LogP contribution in [0.2, 0.25) is 0 Å². The summed E-state index contributed by atoms with van der Waals surface area (Å²) < 4.78 is 39.5. The van der Waals surface area contributed by atoms with E-state index in [2.05, 4.69) is 4.98 Å². The molecule has 0 aliphatic carbocycles. The fourth-order valence-corrected chi connectivity index (χ4v) is 3.76. The van der Waals surface area contributed by atoms with Crippen molar-refractivity contribution in [3.05, 3.63) is 24.3 Å². The van der Waals surface area contributed by atoms with Crippen LogP contribution in [0.1, 0.15) is 27.2 Å². The lowest BCUT2D eigenvalue weighted by Crippen LogP contribution is -2.53. The molecule has 0 aliphatic rings. The highest BCUT2D eigenvalue weighted by molar-refractivity contribution is 7.89. The lowest BCUT2D eigenvalue weighted by molar-refractivity contribution is 0.214. The highest BCUT2D eigenvalue weighted by Crippen LogP contribution is 2.26. The Morgan fingerprint density at radius 2 is 2.05 bits per heavy atom. The molecule has 1 rings (SSSR count). The average molecular weight is 289 g/mol. The SMILES string of the molecule is CCN(C(C)(CC)CN)S(=O)(=O)c1cncc(F)c1. The molecule has 0 saturated heterocycles. The molecule has 0 spiro atoms. The molecule has 0 bridgehead atoms. The van der Waals surface area contributed by atoms with Gasteiger partial charge in [0.1, 0.15) is 10.7 Å². The summed E-state index contributed by atoms with van der Waals surface area (Å²) in [6.07, 6.45) is 2.68. The molecule has 0 aromatic carbocycles. The van der Waals surface area contributed by atoms with Gasteiger partial charge in [0.05, 0.1) is 6.20 Å². The van der Waals surface area contributed by atoms with E-state index in [-0.39, 0.29) is 18.0 Å². The summed E-state index contributed by atoms with van der Waals surface area (Å²) in [7, 11) is -3.80. The zero-order valence-electron chi connectivity index (χ0n) is 11.4. The molecule has 0 radical (unpaired) electrons. The maximum Gasteiger partial charge on any atom is 0.245 e. The zero-order valence-corrected chi connectivity index (χ0v) is 12.2. The number of hydrogen-bond acceptors (Lipinski definition) is 4. The van der Waals surface area contributed by atoms with Crippen molar-refractivity contribution >= 4 is 10.0 Å². The Morgan fingerprint density at radius 1 is 1.42 bits per heavy atom. The average Bonchev–Trinajstić information content (AvgIpc) is 2.39. The van der Waals surface area contributed by atoms with E-state index >= 15 is 0 Å². The summed E-state index contributed by atoms with van der Waals surface area (Å²) >= 11 is 0. The molecule has 0 aliphatic heterocycles. The van der Waals surface area contributed by atoms with Crippen molar-refractivity contribution in [1.82, 2.24) is 9.29 Å². The van der Waals surface area contributed by atoms with Crippen molar-refractivity contribution in [3.8, 4) is 0 Å². The van der Waals surface area contributed by atoms with Gasteiger partial charge in [-0.3, -0.25) is 4.98 Å². The minimum Gasteiger partial charge on any atom is -0.329 e. The van der Waals surface area contributed by atoms with Gasteiger partial charge in [-0.2, -0.15) is 4.31 Å². The Morgan fingerprint density at radius 3 is 2.47 bits per heavy atom. The summed E-state index contributed by atoms with van der Waals surface area (Å²) in [5.41, 5.74) is 5.01. The third-order valence-corrected chi connectivity index (χ3v) is 5.46. The number of rotatable bonds is 6. The molecular formula is C12H20FN3O2S. The summed E-state index contributed by atoms with van der Waals surface area (Å²) in [5.74, 6) is -0.678. The molecule has 0 amide bonds. The Balaban J connectivity index is 3.31. The molecule has 0 saturated carbocycles. The first-order valence-electron chi connectivity index (χ1n) is 6.15. The largest absolute Gasteiger partial charge is 0.329 e. The molecule has 1 unspecified atom stereocenters. The van der Waals surface area contributed by atoms with Crippen LogP contribution in [0.4, 0.5) is 4.39 Å². The van der Waals surface area contributed by atoms with Gasteiger partial charge in [-0.25, -0.2) is 12.8 Å². The van der Waals surface area contributed by atoms with Gasteiger partial charge in [0.2, 0.25) is 10.0 Å². The van der Waals surface area contributed by atoms with Crippen molar-refractivity contribution in [2.45, 2.75) is 37.6 Å².